The Labute approximate surface area is 117 Å². The van der Waals surface area contributed by atoms with E-state index in [1.54, 1.807) is 6.07 Å². The summed E-state index contributed by atoms with van der Waals surface area (Å²) in [7, 11) is 0. The molecule has 1 aromatic rings. The minimum Gasteiger partial charge on any atom is -0.477 e. The molecule has 1 fully saturated rings. The van der Waals surface area contributed by atoms with E-state index in [9.17, 15) is 14.9 Å². The maximum atomic E-state index is 11.0. The minimum absolute atomic E-state index is 0.267. The number of anilines is 1. The maximum absolute atomic E-state index is 11.0. The average Bonchev–Trinajstić information content (AvgIpc) is 2.41. The van der Waals surface area contributed by atoms with Gasteiger partial charge < -0.3 is 10.0 Å². The zero-order valence-corrected chi connectivity index (χ0v) is 11.6. The van der Waals surface area contributed by atoms with E-state index in [0.717, 1.165) is 25.1 Å². The second-order valence-corrected chi connectivity index (χ2v) is 5.32. The lowest BCUT2D eigenvalue weighted by Gasteiger charge is -2.39. The largest absolute Gasteiger partial charge is 0.477 e. The molecule has 0 aromatic heterocycles. The van der Waals surface area contributed by atoms with E-state index in [-0.39, 0.29) is 11.3 Å². The van der Waals surface area contributed by atoms with E-state index < -0.39 is 10.9 Å². The molecule has 0 bridgehead atoms. The Morgan fingerprint density at radius 1 is 1.45 bits per heavy atom. The summed E-state index contributed by atoms with van der Waals surface area (Å²) in [6.45, 7) is 5.10. The normalized spacial score (nSPS) is 22.6. The third-order valence-corrected chi connectivity index (χ3v) is 4.11. The first-order chi connectivity index (χ1) is 9.41. The van der Waals surface area contributed by atoms with Gasteiger partial charge in [0.2, 0.25) is 0 Å². The van der Waals surface area contributed by atoms with E-state index >= 15 is 0 Å². The Morgan fingerprint density at radius 2 is 2.15 bits per heavy atom. The third kappa shape index (κ3) is 2.59. The van der Waals surface area contributed by atoms with Gasteiger partial charge in [-0.15, -0.1) is 0 Å². The molecular formula is C14H18N2O4. The Balaban J connectivity index is 2.40. The molecule has 1 aromatic carbocycles. The maximum Gasteiger partial charge on any atom is 0.342 e. The summed E-state index contributed by atoms with van der Waals surface area (Å²) >= 11 is 0. The number of benzene rings is 1. The molecule has 20 heavy (non-hydrogen) atoms. The van der Waals surface area contributed by atoms with Crippen molar-refractivity contribution in [3.05, 3.63) is 33.9 Å². The first-order valence-electron chi connectivity index (χ1n) is 6.70. The first-order valence-corrected chi connectivity index (χ1v) is 6.70. The van der Waals surface area contributed by atoms with Crippen LogP contribution in [0.5, 0.6) is 0 Å². The second-order valence-electron chi connectivity index (χ2n) is 5.32. The number of carboxylic acid groups (broad SMARTS) is 1. The van der Waals surface area contributed by atoms with Gasteiger partial charge in [0.1, 0.15) is 5.56 Å². The highest BCUT2D eigenvalue weighted by Gasteiger charge is 2.27. The second kappa shape index (κ2) is 5.48. The van der Waals surface area contributed by atoms with E-state index in [0.29, 0.717) is 12.0 Å². The van der Waals surface area contributed by atoms with E-state index in [1.807, 2.05) is 0 Å². The standard InChI is InChI=1S/C14H18N2O4/c1-9-4-3-7-15(10(9)2)11-5-6-12(14(17)18)13(8-11)16(19)20/h5-6,8-10H,3-4,7H2,1-2H3,(H,17,18). The lowest BCUT2D eigenvalue weighted by atomic mass is 9.91. The Hall–Kier alpha value is -2.11. The van der Waals surface area contributed by atoms with Gasteiger partial charge in [-0.25, -0.2) is 4.79 Å². The van der Waals surface area contributed by atoms with E-state index in [4.69, 9.17) is 5.11 Å². The van der Waals surface area contributed by atoms with Crippen molar-refractivity contribution in [1.82, 2.24) is 0 Å². The number of rotatable bonds is 3. The van der Waals surface area contributed by atoms with Gasteiger partial charge in [-0.3, -0.25) is 10.1 Å². The van der Waals surface area contributed by atoms with Crippen LogP contribution in [0.15, 0.2) is 18.2 Å². The number of nitro groups is 1. The zero-order valence-electron chi connectivity index (χ0n) is 11.6. The predicted molar refractivity (Wildman–Crippen MR) is 75.3 cm³/mol. The Kier molecular flexibility index (Phi) is 3.92. The molecular weight excluding hydrogens is 260 g/mol. The molecule has 0 spiro atoms. The summed E-state index contributed by atoms with van der Waals surface area (Å²) in [4.78, 5) is 23.5. The van der Waals surface area contributed by atoms with Crippen molar-refractivity contribution in [2.75, 3.05) is 11.4 Å². The summed E-state index contributed by atoms with van der Waals surface area (Å²) in [6.07, 6.45) is 2.19. The number of piperidine rings is 1. The van der Waals surface area contributed by atoms with Crippen molar-refractivity contribution in [3.63, 3.8) is 0 Å². The number of hydrogen-bond acceptors (Lipinski definition) is 4. The number of carbonyl (C=O) groups is 1. The third-order valence-electron chi connectivity index (χ3n) is 4.11. The van der Waals surface area contributed by atoms with Gasteiger partial charge in [0, 0.05) is 24.3 Å². The Bertz CT molecular complexity index is 544. The molecule has 0 radical (unpaired) electrons. The van der Waals surface area contributed by atoms with Crippen molar-refractivity contribution < 1.29 is 14.8 Å². The van der Waals surface area contributed by atoms with Crippen molar-refractivity contribution >= 4 is 17.3 Å². The minimum atomic E-state index is -1.27. The monoisotopic (exact) mass is 278 g/mol. The van der Waals surface area contributed by atoms with Crippen LogP contribution in [0, 0.1) is 16.0 Å². The zero-order chi connectivity index (χ0) is 14.9. The molecule has 6 heteroatoms. The van der Waals surface area contributed by atoms with Crippen LogP contribution >= 0.6 is 0 Å². The molecule has 1 aliphatic heterocycles. The van der Waals surface area contributed by atoms with E-state index in [1.165, 1.54) is 12.1 Å². The number of aromatic carboxylic acids is 1. The van der Waals surface area contributed by atoms with Crippen LogP contribution in [-0.2, 0) is 0 Å². The van der Waals surface area contributed by atoms with Crippen LogP contribution < -0.4 is 4.90 Å². The van der Waals surface area contributed by atoms with Gasteiger partial charge in [0.25, 0.3) is 5.69 Å². The predicted octanol–water partition coefficient (Wildman–Crippen LogP) is 2.92. The molecule has 1 aliphatic rings. The van der Waals surface area contributed by atoms with Gasteiger partial charge in [0.15, 0.2) is 0 Å². The summed E-state index contributed by atoms with van der Waals surface area (Å²) in [5.74, 6) is -0.759. The fourth-order valence-electron chi connectivity index (χ4n) is 2.73. The molecule has 6 nitrogen and oxygen atoms in total. The van der Waals surface area contributed by atoms with Crippen molar-refractivity contribution in [1.29, 1.82) is 0 Å². The summed E-state index contributed by atoms with van der Waals surface area (Å²) in [6, 6.07) is 4.64. The van der Waals surface area contributed by atoms with Gasteiger partial charge >= 0.3 is 5.97 Å². The molecule has 0 aliphatic carbocycles. The van der Waals surface area contributed by atoms with Crippen molar-refractivity contribution in [2.45, 2.75) is 32.7 Å². The average molecular weight is 278 g/mol. The fourth-order valence-corrected chi connectivity index (χ4v) is 2.73. The number of hydrogen-bond donors (Lipinski definition) is 1. The smallest absolute Gasteiger partial charge is 0.342 e. The van der Waals surface area contributed by atoms with Crippen molar-refractivity contribution in [3.8, 4) is 0 Å². The summed E-state index contributed by atoms with van der Waals surface area (Å²) < 4.78 is 0. The first kappa shape index (κ1) is 14.3. The van der Waals surface area contributed by atoms with Crippen LogP contribution in [0.2, 0.25) is 0 Å². The number of nitro benzene ring substituents is 1. The highest BCUT2D eigenvalue weighted by atomic mass is 16.6. The number of nitrogens with zero attached hydrogens (tertiary/aromatic N) is 2. The number of carboxylic acids is 1. The summed E-state index contributed by atoms with van der Waals surface area (Å²) in [5.41, 5.74) is 0.109. The molecule has 1 N–H and O–H groups in total. The lowest BCUT2D eigenvalue weighted by molar-refractivity contribution is -0.385. The van der Waals surface area contributed by atoms with Gasteiger partial charge in [-0.2, -0.15) is 0 Å². The molecule has 2 rings (SSSR count). The van der Waals surface area contributed by atoms with E-state index in [2.05, 4.69) is 18.7 Å². The molecule has 108 valence electrons. The van der Waals surface area contributed by atoms with Gasteiger partial charge in [0.05, 0.1) is 4.92 Å². The van der Waals surface area contributed by atoms with Crippen LogP contribution in [0.4, 0.5) is 11.4 Å². The Morgan fingerprint density at radius 3 is 2.75 bits per heavy atom. The fraction of sp³-hybridized carbons (Fsp3) is 0.500. The SMILES string of the molecule is CC1CCCN(c2ccc(C(=O)O)c([N+](=O)[O-])c2)C1C. The topological polar surface area (TPSA) is 83.7 Å². The van der Waals surface area contributed by atoms with Gasteiger partial charge in [-0.05, 0) is 37.8 Å². The molecule has 2 atom stereocenters. The van der Waals surface area contributed by atoms with Crippen LogP contribution in [0.1, 0.15) is 37.0 Å². The molecule has 1 saturated heterocycles. The van der Waals surface area contributed by atoms with Crippen LogP contribution in [0.3, 0.4) is 0 Å². The quantitative estimate of drug-likeness (QED) is 0.679. The molecule has 1 heterocycles. The molecule has 2 unspecified atom stereocenters. The van der Waals surface area contributed by atoms with Crippen molar-refractivity contribution in [2.24, 2.45) is 5.92 Å². The molecule has 0 amide bonds. The van der Waals surface area contributed by atoms with Crippen LogP contribution in [0.25, 0.3) is 0 Å². The highest BCUT2D eigenvalue weighted by Crippen LogP contribution is 2.32. The lowest BCUT2D eigenvalue weighted by Crippen LogP contribution is -2.42. The summed E-state index contributed by atoms with van der Waals surface area (Å²) in [5, 5.41) is 20.0. The van der Waals surface area contributed by atoms with Gasteiger partial charge in [-0.1, -0.05) is 6.92 Å². The van der Waals surface area contributed by atoms with Crippen LogP contribution in [-0.4, -0.2) is 28.6 Å². The highest BCUT2D eigenvalue weighted by molar-refractivity contribution is 5.93. The molecule has 0 saturated carbocycles.